The van der Waals surface area contributed by atoms with Gasteiger partial charge in [0.2, 0.25) is 11.8 Å². The van der Waals surface area contributed by atoms with Crippen molar-refractivity contribution in [1.29, 1.82) is 0 Å². The minimum absolute atomic E-state index is 0.282. The molecule has 2 aliphatic rings. The zero-order valence-corrected chi connectivity index (χ0v) is 10.9. The normalized spacial score (nSPS) is 22.3. The number of unbranched alkanes of at least 4 members (excludes halogenated alkanes) is 1. The molecule has 1 aliphatic heterocycles. The Bertz CT molecular complexity index is 444. The highest BCUT2D eigenvalue weighted by Crippen LogP contribution is 2.40. The van der Waals surface area contributed by atoms with Crippen LogP contribution < -0.4 is 5.32 Å². The average molecular weight is 262 g/mol. The second kappa shape index (κ2) is 5.43. The standard InChI is InChI=1S/C14H18N2O3/c1-2-3-7-10-16-12(18)14(8-5-4-6-9-14)11(17)15-13(16)19/h1H,3-10H2,(H,15,17,19). The molecule has 1 saturated heterocycles. The lowest BCUT2D eigenvalue weighted by atomic mass is 9.71. The number of rotatable bonds is 3. The molecule has 0 aromatic heterocycles. The van der Waals surface area contributed by atoms with Crippen molar-refractivity contribution in [3.05, 3.63) is 0 Å². The summed E-state index contributed by atoms with van der Waals surface area (Å²) in [5.74, 6) is 1.72. The van der Waals surface area contributed by atoms with Crippen LogP contribution in [0.1, 0.15) is 44.9 Å². The fraction of sp³-hybridized carbons (Fsp3) is 0.643. The molecule has 19 heavy (non-hydrogen) atoms. The molecule has 2 fully saturated rings. The van der Waals surface area contributed by atoms with Crippen molar-refractivity contribution in [3.8, 4) is 12.3 Å². The van der Waals surface area contributed by atoms with E-state index in [1.807, 2.05) is 0 Å². The first-order chi connectivity index (χ1) is 9.12. The predicted octanol–water partition coefficient (Wildman–Crippen LogP) is 1.43. The lowest BCUT2D eigenvalue weighted by Gasteiger charge is -2.41. The maximum absolute atomic E-state index is 12.5. The third-order valence-electron chi connectivity index (χ3n) is 3.96. The second-order valence-electron chi connectivity index (χ2n) is 5.17. The summed E-state index contributed by atoms with van der Waals surface area (Å²) in [6.45, 7) is 0.282. The maximum Gasteiger partial charge on any atom is 0.330 e. The third kappa shape index (κ3) is 2.35. The van der Waals surface area contributed by atoms with E-state index in [2.05, 4.69) is 11.2 Å². The molecule has 1 saturated carbocycles. The number of urea groups is 1. The largest absolute Gasteiger partial charge is 0.330 e. The molecular weight excluding hydrogens is 244 g/mol. The Kier molecular flexibility index (Phi) is 3.89. The van der Waals surface area contributed by atoms with Gasteiger partial charge in [0.1, 0.15) is 5.41 Å². The number of carbonyl (C=O) groups excluding carboxylic acids is 3. The van der Waals surface area contributed by atoms with Crippen LogP contribution in [0.2, 0.25) is 0 Å². The Morgan fingerprint density at radius 1 is 1.21 bits per heavy atom. The zero-order chi connectivity index (χ0) is 13.9. The highest BCUT2D eigenvalue weighted by atomic mass is 16.2. The number of hydrogen-bond acceptors (Lipinski definition) is 3. The number of amides is 4. The Balaban J connectivity index is 2.16. The van der Waals surface area contributed by atoms with Crippen LogP contribution in [-0.2, 0) is 9.59 Å². The Hall–Kier alpha value is -1.83. The Morgan fingerprint density at radius 3 is 2.53 bits per heavy atom. The summed E-state index contributed by atoms with van der Waals surface area (Å²) < 4.78 is 0. The van der Waals surface area contributed by atoms with Crippen LogP contribution in [0.3, 0.4) is 0 Å². The third-order valence-corrected chi connectivity index (χ3v) is 3.96. The summed E-state index contributed by atoms with van der Waals surface area (Å²) in [4.78, 5) is 37.5. The molecule has 1 spiro atoms. The molecule has 0 aromatic rings. The summed E-state index contributed by atoms with van der Waals surface area (Å²) in [6, 6.07) is -0.608. The smallest absolute Gasteiger partial charge is 0.277 e. The van der Waals surface area contributed by atoms with Crippen molar-refractivity contribution in [1.82, 2.24) is 10.2 Å². The van der Waals surface area contributed by atoms with Crippen molar-refractivity contribution < 1.29 is 14.4 Å². The number of hydrogen-bond donors (Lipinski definition) is 1. The van der Waals surface area contributed by atoms with Crippen LogP contribution in [0, 0.1) is 17.8 Å². The van der Waals surface area contributed by atoms with Gasteiger partial charge in [0, 0.05) is 13.0 Å². The number of carbonyl (C=O) groups is 3. The van der Waals surface area contributed by atoms with E-state index in [1.165, 1.54) is 0 Å². The van der Waals surface area contributed by atoms with Gasteiger partial charge in [-0.1, -0.05) is 19.3 Å². The zero-order valence-electron chi connectivity index (χ0n) is 10.9. The minimum Gasteiger partial charge on any atom is -0.277 e. The summed E-state index contributed by atoms with van der Waals surface area (Å²) in [5, 5.41) is 2.32. The molecule has 5 heteroatoms. The summed E-state index contributed by atoms with van der Waals surface area (Å²) in [6.07, 6.45) is 10.1. The molecule has 1 N–H and O–H groups in total. The van der Waals surface area contributed by atoms with Gasteiger partial charge in [0.05, 0.1) is 0 Å². The number of nitrogens with zero attached hydrogens (tertiary/aromatic N) is 1. The van der Waals surface area contributed by atoms with Crippen LogP contribution in [0.4, 0.5) is 4.79 Å². The first-order valence-corrected chi connectivity index (χ1v) is 6.73. The Morgan fingerprint density at radius 2 is 1.89 bits per heavy atom. The molecule has 0 radical (unpaired) electrons. The van der Waals surface area contributed by atoms with E-state index in [0.29, 0.717) is 25.7 Å². The van der Waals surface area contributed by atoms with E-state index in [9.17, 15) is 14.4 Å². The van der Waals surface area contributed by atoms with Crippen LogP contribution in [-0.4, -0.2) is 29.3 Å². The first-order valence-electron chi connectivity index (χ1n) is 6.73. The SMILES string of the molecule is C#CCCCN1C(=O)NC(=O)C2(CCCCC2)C1=O. The van der Waals surface area contributed by atoms with E-state index >= 15 is 0 Å². The van der Waals surface area contributed by atoms with Crippen LogP contribution in [0.5, 0.6) is 0 Å². The molecule has 5 nitrogen and oxygen atoms in total. The topological polar surface area (TPSA) is 66.5 Å². The van der Waals surface area contributed by atoms with Gasteiger partial charge < -0.3 is 0 Å². The van der Waals surface area contributed by atoms with Crippen LogP contribution in [0.15, 0.2) is 0 Å². The second-order valence-corrected chi connectivity index (χ2v) is 5.17. The maximum atomic E-state index is 12.5. The molecular formula is C14H18N2O3. The lowest BCUT2D eigenvalue weighted by Crippen LogP contribution is -2.64. The van der Waals surface area contributed by atoms with Crippen LogP contribution in [0.25, 0.3) is 0 Å². The van der Waals surface area contributed by atoms with E-state index in [-0.39, 0.29) is 12.5 Å². The van der Waals surface area contributed by atoms with Gasteiger partial charge in [-0.3, -0.25) is 19.8 Å². The van der Waals surface area contributed by atoms with Crippen molar-refractivity contribution in [2.45, 2.75) is 44.9 Å². The molecule has 4 amide bonds. The minimum atomic E-state index is -1.01. The van der Waals surface area contributed by atoms with E-state index in [4.69, 9.17) is 6.42 Å². The predicted molar refractivity (Wildman–Crippen MR) is 68.8 cm³/mol. The van der Waals surface area contributed by atoms with Crippen molar-refractivity contribution in [3.63, 3.8) is 0 Å². The summed E-state index contributed by atoms with van der Waals surface area (Å²) in [5.41, 5.74) is -1.01. The molecule has 2 rings (SSSR count). The van der Waals surface area contributed by atoms with E-state index in [1.54, 1.807) is 0 Å². The highest BCUT2D eigenvalue weighted by Gasteiger charge is 2.53. The quantitative estimate of drug-likeness (QED) is 0.475. The van der Waals surface area contributed by atoms with Gasteiger partial charge in [0.15, 0.2) is 0 Å². The number of terminal acetylenes is 1. The van der Waals surface area contributed by atoms with Gasteiger partial charge in [0.25, 0.3) is 0 Å². The first kappa shape index (κ1) is 13.6. The molecule has 1 aliphatic carbocycles. The fourth-order valence-corrected chi connectivity index (χ4v) is 2.87. The summed E-state index contributed by atoms with van der Waals surface area (Å²) in [7, 11) is 0. The molecule has 102 valence electrons. The molecule has 0 bridgehead atoms. The number of nitrogens with one attached hydrogen (secondary N) is 1. The average Bonchev–Trinajstić information content (AvgIpc) is 2.42. The molecule has 0 atom stereocenters. The van der Waals surface area contributed by atoms with Crippen LogP contribution >= 0.6 is 0 Å². The van der Waals surface area contributed by atoms with Gasteiger partial charge >= 0.3 is 6.03 Å². The van der Waals surface area contributed by atoms with Crippen molar-refractivity contribution >= 4 is 17.8 Å². The number of barbiturate groups is 1. The molecule has 0 unspecified atom stereocenters. The van der Waals surface area contributed by atoms with Gasteiger partial charge in [-0.05, 0) is 19.3 Å². The molecule has 0 aromatic carbocycles. The number of imide groups is 2. The van der Waals surface area contributed by atoms with Crippen molar-refractivity contribution in [2.24, 2.45) is 5.41 Å². The van der Waals surface area contributed by atoms with Gasteiger partial charge in [-0.15, -0.1) is 12.3 Å². The van der Waals surface area contributed by atoms with Gasteiger partial charge in [-0.2, -0.15) is 0 Å². The van der Waals surface area contributed by atoms with Crippen molar-refractivity contribution in [2.75, 3.05) is 6.54 Å². The summed E-state index contributed by atoms with van der Waals surface area (Å²) >= 11 is 0. The Labute approximate surface area is 112 Å². The highest BCUT2D eigenvalue weighted by molar-refractivity contribution is 6.19. The van der Waals surface area contributed by atoms with E-state index in [0.717, 1.165) is 24.2 Å². The fourth-order valence-electron chi connectivity index (χ4n) is 2.87. The van der Waals surface area contributed by atoms with E-state index < -0.39 is 17.4 Å². The molecule has 1 heterocycles. The monoisotopic (exact) mass is 262 g/mol. The lowest BCUT2D eigenvalue weighted by molar-refractivity contribution is -0.153. The van der Waals surface area contributed by atoms with Gasteiger partial charge in [-0.25, -0.2) is 4.79 Å².